The van der Waals surface area contributed by atoms with Crippen molar-refractivity contribution in [1.82, 2.24) is 0 Å². The molecule has 2 aliphatic rings. The molecule has 8 heteroatoms. The van der Waals surface area contributed by atoms with Gasteiger partial charge in [0.15, 0.2) is 0 Å². The molecule has 1 heterocycles. The van der Waals surface area contributed by atoms with Gasteiger partial charge < -0.3 is 24.4 Å². The van der Waals surface area contributed by atoms with Crippen molar-refractivity contribution in [3.05, 3.63) is 36.6 Å². The van der Waals surface area contributed by atoms with Crippen molar-refractivity contribution >= 4 is 5.97 Å². The average Bonchev–Trinajstić information content (AvgIpc) is 3.20. The number of carbonyl (C=O) groups is 1. The highest BCUT2D eigenvalue weighted by Crippen LogP contribution is 2.42. The Morgan fingerprint density at radius 2 is 1.82 bits per heavy atom. The second-order valence-electron chi connectivity index (χ2n) is 11.6. The van der Waals surface area contributed by atoms with Gasteiger partial charge in [0.05, 0.1) is 24.6 Å². The van der Waals surface area contributed by atoms with Crippen LogP contribution in [0.3, 0.4) is 0 Å². The smallest absolute Gasteiger partial charge is 0.330 e. The van der Waals surface area contributed by atoms with E-state index in [1.54, 1.807) is 18.4 Å². The third kappa shape index (κ3) is 12.8. The summed E-state index contributed by atoms with van der Waals surface area (Å²) in [5.74, 6) is -3.66. The van der Waals surface area contributed by atoms with Gasteiger partial charge in [-0.1, -0.05) is 57.6 Å². The van der Waals surface area contributed by atoms with Crippen molar-refractivity contribution < 1.29 is 38.0 Å². The molecule has 0 bridgehead atoms. The first kappa shape index (κ1) is 34.4. The van der Waals surface area contributed by atoms with E-state index in [1.807, 2.05) is 32.9 Å². The maximum atomic E-state index is 14.6. The van der Waals surface area contributed by atoms with Crippen molar-refractivity contribution in [2.45, 2.75) is 147 Å². The maximum absolute atomic E-state index is 14.6. The zero-order chi connectivity index (χ0) is 29.4. The average molecular weight is 571 g/mol. The Labute approximate surface area is 239 Å². The monoisotopic (exact) mass is 570 g/mol. The Balaban J connectivity index is 1.86. The lowest BCUT2D eigenvalue weighted by Gasteiger charge is -2.30. The lowest BCUT2D eigenvalue weighted by atomic mass is 9.84. The van der Waals surface area contributed by atoms with Crippen molar-refractivity contribution in [1.29, 1.82) is 0 Å². The quantitative estimate of drug-likeness (QED) is 0.0902. The van der Waals surface area contributed by atoms with Crippen molar-refractivity contribution in [3.63, 3.8) is 0 Å². The summed E-state index contributed by atoms with van der Waals surface area (Å²) >= 11 is 0. The normalized spacial score (nSPS) is 25.6. The molecule has 2 N–H and O–H groups in total. The summed E-state index contributed by atoms with van der Waals surface area (Å²) < 4.78 is 46.0. The summed E-state index contributed by atoms with van der Waals surface area (Å²) in [6.07, 6.45) is 15.8. The van der Waals surface area contributed by atoms with Gasteiger partial charge in [0.2, 0.25) is 6.29 Å². The highest BCUT2D eigenvalue weighted by molar-refractivity contribution is 5.81. The van der Waals surface area contributed by atoms with Crippen LogP contribution in [0.1, 0.15) is 111 Å². The molecule has 0 spiro atoms. The molecule has 1 aliphatic carbocycles. The third-order valence-corrected chi connectivity index (χ3v) is 7.86. The number of rotatable bonds is 20. The number of hydrogen-bond acceptors (Lipinski definition) is 6. The first-order chi connectivity index (χ1) is 19.1. The number of unbranched alkanes of at least 4 members (excludes halogenated alkanes) is 7. The third-order valence-electron chi connectivity index (χ3n) is 7.86. The van der Waals surface area contributed by atoms with E-state index in [2.05, 4.69) is 0 Å². The number of allylic oxidation sites excluding steroid dienone is 3. The van der Waals surface area contributed by atoms with Gasteiger partial charge in [-0.25, -0.2) is 13.6 Å². The van der Waals surface area contributed by atoms with Crippen molar-refractivity contribution in [3.8, 4) is 0 Å². The highest BCUT2D eigenvalue weighted by Gasteiger charge is 2.45. The predicted molar refractivity (Wildman–Crippen MR) is 153 cm³/mol. The van der Waals surface area contributed by atoms with Gasteiger partial charge in [0, 0.05) is 18.9 Å². The van der Waals surface area contributed by atoms with Crippen LogP contribution < -0.4 is 0 Å². The lowest BCUT2D eigenvalue weighted by Crippen LogP contribution is -2.35. The Bertz CT molecular complexity index is 796. The van der Waals surface area contributed by atoms with E-state index >= 15 is 0 Å². The van der Waals surface area contributed by atoms with Crippen LogP contribution in [-0.2, 0) is 19.0 Å². The van der Waals surface area contributed by atoms with Crippen LogP contribution in [-0.4, -0.2) is 52.8 Å². The van der Waals surface area contributed by atoms with Gasteiger partial charge in [-0.15, -0.1) is 0 Å². The number of ether oxygens (including phenoxy) is 3. The van der Waals surface area contributed by atoms with Crippen LogP contribution in [0.4, 0.5) is 8.78 Å². The Kier molecular flexibility index (Phi) is 16.0. The largest absolute Gasteiger partial charge is 0.469 e. The van der Waals surface area contributed by atoms with E-state index in [-0.39, 0.29) is 42.9 Å². The van der Waals surface area contributed by atoms with E-state index in [0.717, 1.165) is 57.8 Å². The number of aliphatic hydroxyl groups is 2. The number of alkyl halides is 2. The van der Waals surface area contributed by atoms with Crippen LogP contribution in [0, 0.1) is 11.8 Å². The number of carbonyl (C=O) groups excluding carboxylic acids is 1. The van der Waals surface area contributed by atoms with Crippen molar-refractivity contribution in [2.24, 2.45) is 11.8 Å². The van der Waals surface area contributed by atoms with Crippen molar-refractivity contribution in [2.75, 3.05) is 0 Å². The van der Waals surface area contributed by atoms with Crippen LogP contribution in [0.15, 0.2) is 36.6 Å². The van der Waals surface area contributed by atoms with Gasteiger partial charge in [-0.05, 0) is 76.4 Å². The molecule has 1 aliphatic heterocycles. The zero-order valence-electron chi connectivity index (χ0n) is 24.7. The summed E-state index contributed by atoms with van der Waals surface area (Å²) in [6, 6.07) is 0. The minimum absolute atomic E-state index is 0.0264. The molecular formula is C32H52F2O6. The summed E-state index contributed by atoms with van der Waals surface area (Å²) in [4.78, 5) is 11.6. The first-order valence-corrected chi connectivity index (χ1v) is 15.4. The number of halogens is 2. The number of aliphatic hydroxyl groups excluding tert-OH is 2. The van der Waals surface area contributed by atoms with E-state index in [9.17, 15) is 23.8 Å². The topological polar surface area (TPSA) is 85.2 Å². The van der Waals surface area contributed by atoms with Gasteiger partial charge in [-0.2, -0.15) is 0 Å². The van der Waals surface area contributed by atoms with Gasteiger partial charge in [0.25, 0.3) is 5.92 Å². The second-order valence-corrected chi connectivity index (χ2v) is 11.6. The molecule has 6 atom stereocenters. The Morgan fingerprint density at radius 1 is 1.07 bits per heavy atom. The molecule has 0 aromatic heterocycles. The van der Waals surface area contributed by atoms with E-state index in [0.29, 0.717) is 19.3 Å². The van der Waals surface area contributed by atoms with E-state index < -0.39 is 24.4 Å². The Morgan fingerprint density at radius 3 is 2.52 bits per heavy atom. The molecule has 6 nitrogen and oxygen atoms in total. The standard InChI is InChI=1S/C32H52F2O6/c1-4-5-6-14-21-32(33,34)29(36)20-19-26-25(27(35)23-28(26)40-31-18-13-15-22-38-31)16-11-9-7-8-10-12-17-30(37)39-24(2)3/h12-13,15,17-18,22,24-29,31,35-36H,4-11,14,16,19-21,23H2,1-3H3/b17-12+/t25-,26?,27+,28-,29?,31-/m1/s1. The number of esters is 1. The fourth-order valence-corrected chi connectivity index (χ4v) is 5.69. The second kappa shape index (κ2) is 18.6. The predicted octanol–water partition coefficient (Wildman–Crippen LogP) is 7.39. The fourth-order valence-electron chi connectivity index (χ4n) is 5.69. The SMILES string of the molecule is CCCCCCC(F)(F)C(O)CCC1[C@@H](CCCCCC/C=C/C(=O)OC(C)C)[C@@H](O)C[C@H]1O[C@@H]1C=CC=CO1. The summed E-state index contributed by atoms with van der Waals surface area (Å²) in [5.41, 5.74) is 0. The van der Waals surface area contributed by atoms with Gasteiger partial charge in [0.1, 0.15) is 6.10 Å². The molecule has 0 saturated heterocycles. The fraction of sp³-hybridized carbons (Fsp3) is 0.781. The molecule has 0 aromatic rings. The maximum Gasteiger partial charge on any atom is 0.330 e. The molecule has 0 radical (unpaired) electrons. The zero-order valence-corrected chi connectivity index (χ0v) is 24.7. The molecule has 40 heavy (non-hydrogen) atoms. The van der Waals surface area contributed by atoms with E-state index in [4.69, 9.17) is 14.2 Å². The minimum Gasteiger partial charge on any atom is -0.469 e. The lowest BCUT2D eigenvalue weighted by molar-refractivity contribution is -0.141. The van der Waals surface area contributed by atoms with Crippen LogP contribution in [0.5, 0.6) is 0 Å². The summed E-state index contributed by atoms with van der Waals surface area (Å²) in [7, 11) is 0. The molecule has 1 fully saturated rings. The van der Waals surface area contributed by atoms with Gasteiger partial charge >= 0.3 is 5.97 Å². The molecule has 2 rings (SSSR count). The summed E-state index contributed by atoms with van der Waals surface area (Å²) in [5, 5.41) is 21.3. The first-order valence-electron chi connectivity index (χ1n) is 15.4. The minimum atomic E-state index is -3.11. The molecule has 1 saturated carbocycles. The molecule has 0 amide bonds. The summed E-state index contributed by atoms with van der Waals surface area (Å²) in [6.45, 7) is 5.67. The van der Waals surface area contributed by atoms with E-state index in [1.165, 1.54) is 6.08 Å². The van der Waals surface area contributed by atoms with Crippen LogP contribution >= 0.6 is 0 Å². The Hall–Kier alpha value is -1.77. The van der Waals surface area contributed by atoms with Crippen LogP contribution in [0.25, 0.3) is 0 Å². The molecule has 230 valence electrons. The molecule has 2 unspecified atom stereocenters. The highest BCUT2D eigenvalue weighted by atomic mass is 19.3. The van der Waals surface area contributed by atoms with Crippen LogP contribution in [0.2, 0.25) is 0 Å². The number of hydrogen-bond donors (Lipinski definition) is 2. The van der Waals surface area contributed by atoms with Gasteiger partial charge in [-0.3, -0.25) is 0 Å². The molecular weight excluding hydrogens is 518 g/mol. The molecule has 0 aromatic carbocycles.